The number of halogens is 1. The standard InChI is InChI=1S/C18H15BrN2O2/c1-23-17-9-5-3-7-14(17)16-10-11-18(22)21(20-16)12-13-6-2-4-8-15(13)19/h2-11H,12H2,1H3. The molecule has 0 saturated carbocycles. The van der Waals surface area contributed by atoms with Crippen molar-refractivity contribution in [3.8, 4) is 17.0 Å². The average molecular weight is 371 g/mol. The highest BCUT2D eigenvalue weighted by atomic mass is 79.9. The van der Waals surface area contributed by atoms with Gasteiger partial charge < -0.3 is 4.74 Å². The summed E-state index contributed by atoms with van der Waals surface area (Å²) in [5.41, 5.74) is 2.42. The summed E-state index contributed by atoms with van der Waals surface area (Å²) in [5, 5.41) is 4.49. The van der Waals surface area contributed by atoms with Crippen LogP contribution in [0.25, 0.3) is 11.3 Å². The molecule has 1 aromatic heterocycles. The zero-order valence-electron chi connectivity index (χ0n) is 12.6. The molecule has 23 heavy (non-hydrogen) atoms. The van der Waals surface area contributed by atoms with Crippen LogP contribution in [0.4, 0.5) is 0 Å². The molecule has 4 nitrogen and oxygen atoms in total. The number of methoxy groups -OCH3 is 1. The molecule has 1 heterocycles. The van der Waals surface area contributed by atoms with Gasteiger partial charge in [-0.1, -0.05) is 46.3 Å². The molecule has 0 spiro atoms. The van der Waals surface area contributed by atoms with Crippen molar-refractivity contribution >= 4 is 15.9 Å². The van der Waals surface area contributed by atoms with Gasteiger partial charge in [-0.15, -0.1) is 0 Å². The minimum Gasteiger partial charge on any atom is -0.496 e. The molecule has 0 aliphatic heterocycles. The number of para-hydroxylation sites is 1. The van der Waals surface area contributed by atoms with Crippen LogP contribution in [-0.4, -0.2) is 16.9 Å². The van der Waals surface area contributed by atoms with Gasteiger partial charge in [-0.25, -0.2) is 4.68 Å². The number of rotatable bonds is 4. The molecular formula is C18H15BrN2O2. The van der Waals surface area contributed by atoms with Crippen molar-refractivity contribution < 1.29 is 4.74 Å². The molecule has 2 aromatic carbocycles. The van der Waals surface area contributed by atoms with E-state index >= 15 is 0 Å². The summed E-state index contributed by atoms with van der Waals surface area (Å²) in [6.07, 6.45) is 0. The Morgan fingerprint density at radius 3 is 2.57 bits per heavy atom. The van der Waals surface area contributed by atoms with Gasteiger partial charge in [-0.3, -0.25) is 4.79 Å². The summed E-state index contributed by atoms with van der Waals surface area (Å²) >= 11 is 3.50. The second kappa shape index (κ2) is 6.79. The zero-order chi connectivity index (χ0) is 16.2. The minimum atomic E-state index is -0.139. The van der Waals surface area contributed by atoms with Crippen LogP contribution in [0.15, 0.2) is 69.9 Å². The van der Waals surface area contributed by atoms with Gasteiger partial charge in [-0.2, -0.15) is 5.10 Å². The predicted octanol–water partition coefficient (Wildman–Crippen LogP) is 3.73. The van der Waals surface area contributed by atoms with Gasteiger partial charge in [-0.05, 0) is 29.8 Å². The molecule has 0 unspecified atom stereocenters. The summed E-state index contributed by atoms with van der Waals surface area (Å²) in [6.45, 7) is 0.406. The van der Waals surface area contributed by atoms with Crippen LogP contribution in [0.1, 0.15) is 5.56 Å². The van der Waals surface area contributed by atoms with Crippen LogP contribution >= 0.6 is 15.9 Å². The van der Waals surface area contributed by atoms with E-state index in [-0.39, 0.29) is 5.56 Å². The fourth-order valence-corrected chi connectivity index (χ4v) is 2.76. The number of nitrogens with zero attached hydrogens (tertiary/aromatic N) is 2. The van der Waals surface area contributed by atoms with Crippen molar-refractivity contribution in [2.24, 2.45) is 0 Å². The lowest BCUT2D eigenvalue weighted by atomic mass is 10.1. The molecular weight excluding hydrogens is 356 g/mol. The van der Waals surface area contributed by atoms with E-state index in [0.717, 1.165) is 21.3 Å². The molecule has 116 valence electrons. The van der Waals surface area contributed by atoms with Crippen molar-refractivity contribution in [3.05, 3.63) is 81.1 Å². The Morgan fingerprint density at radius 2 is 1.78 bits per heavy atom. The van der Waals surface area contributed by atoms with E-state index in [1.54, 1.807) is 13.2 Å². The van der Waals surface area contributed by atoms with E-state index in [4.69, 9.17) is 4.74 Å². The van der Waals surface area contributed by atoms with Gasteiger partial charge in [0, 0.05) is 16.1 Å². The summed E-state index contributed by atoms with van der Waals surface area (Å²) in [6, 6.07) is 18.7. The van der Waals surface area contributed by atoms with Crippen LogP contribution in [0.5, 0.6) is 5.75 Å². The molecule has 0 atom stereocenters. The van der Waals surface area contributed by atoms with E-state index in [1.165, 1.54) is 10.7 Å². The monoisotopic (exact) mass is 370 g/mol. The maximum absolute atomic E-state index is 12.1. The molecule has 0 saturated heterocycles. The maximum atomic E-state index is 12.1. The summed E-state index contributed by atoms with van der Waals surface area (Å²) in [5.74, 6) is 0.728. The van der Waals surface area contributed by atoms with E-state index in [9.17, 15) is 4.79 Å². The predicted molar refractivity (Wildman–Crippen MR) is 93.7 cm³/mol. The Balaban J connectivity index is 2.03. The summed E-state index contributed by atoms with van der Waals surface area (Å²) < 4.78 is 7.79. The number of hydrogen-bond donors (Lipinski definition) is 0. The van der Waals surface area contributed by atoms with Gasteiger partial charge in [0.1, 0.15) is 5.75 Å². The first kappa shape index (κ1) is 15.5. The molecule has 0 bridgehead atoms. The van der Waals surface area contributed by atoms with Crippen molar-refractivity contribution in [2.75, 3.05) is 7.11 Å². The van der Waals surface area contributed by atoms with Gasteiger partial charge >= 0.3 is 0 Å². The highest BCUT2D eigenvalue weighted by Crippen LogP contribution is 2.27. The normalized spacial score (nSPS) is 10.5. The molecule has 0 amide bonds. The van der Waals surface area contributed by atoms with Crippen LogP contribution < -0.4 is 10.3 Å². The van der Waals surface area contributed by atoms with E-state index in [2.05, 4.69) is 21.0 Å². The minimum absolute atomic E-state index is 0.139. The zero-order valence-corrected chi connectivity index (χ0v) is 14.2. The quantitative estimate of drug-likeness (QED) is 0.702. The van der Waals surface area contributed by atoms with Gasteiger partial charge in [0.25, 0.3) is 5.56 Å². The molecule has 0 N–H and O–H groups in total. The van der Waals surface area contributed by atoms with E-state index < -0.39 is 0 Å². The van der Waals surface area contributed by atoms with Crippen molar-refractivity contribution in [3.63, 3.8) is 0 Å². The van der Waals surface area contributed by atoms with Crippen molar-refractivity contribution in [1.29, 1.82) is 0 Å². The van der Waals surface area contributed by atoms with E-state index in [1.807, 2.05) is 48.5 Å². The summed E-state index contributed by atoms with van der Waals surface area (Å²) in [4.78, 5) is 12.1. The number of benzene rings is 2. The smallest absolute Gasteiger partial charge is 0.267 e. The Hall–Kier alpha value is -2.40. The largest absolute Gasteiger partial charge is 0.496 e. The van der Waals surface area contributed by atoms with Crippen LogP contribution in [-0.2, 0) is 6.54 Å². The second-order valence-electron chi connectivity index (χ2n) is 5.01. The van der Waals surface area contributed by atoms with Crippen molar-refractivity contribution in [2.45, 2.75) is 6.54 Å². The van der Waals surface area contributed by atoms with Crippen LogP contribution in [0.3, 0.4) is 0 Å². The highest BCUT2D eigenvalue weighted by molar-refractivity contribution is 9.10. The Labute approximate surface area is 142 Å². The van der Waals surface area contributed by atoms with Gasteiger partial charge in [0.15, 0.2) is 0 Å². The lowest BCUT2D eigenvalue weighted by Gasteiger charge is -2.11. The number of ether oxygens (including phenoxy) is 1. The first-order valence-electron chi connectivity index (χ1n) is 7.14. The number of aromatic nitrogens is 2. The summed E-state index contributed by atoms with van der Waals surface area (Å²) in [7, 11) is 1.62. The maximum Gasteiger partial charge on any atom is 0.267 e. The Kier molecular flexibility index (Phi) is 4.57. The third-order valence-electron chi connectivity index (χ3n) is 3.53. The topological polar surface area (TPSA) is 44.1 Å². The molecule has 3 rings (SSSR count). The first-order chi connectivity index (χ1) is 11.2. The fourth-order valence-electron chi connectivity index (χ4n) is 2.35. The average Bonchev–Trinajstić information content (AvgIpc) is 2.59. The van der Waals surface area contributed by atoms with Gasteiger partial charge in [0.05, 0.1) is 19.3 Å². The third kappa shape index (κ3) is 3.35. The molecule has 0 aliphatic rings. The molecule has 5 heteroatoms. The highest BCUT2D eigenvalue weighted by Gasteiger charge is 2.09. The third-order valence-corrected chi connectivity index (χ3v) is 4.30. The van der Waals surface area contributed by atoms with Crippen molar-refractivity contribution in [1.82, 2.24) is 9.78 Å². The Bertz CT molecular complexity index is 890. The van der Waals surface area contributed by atoms with Gasteiger partial charge in [0.2, 0.25) is 0 Å². The number of hydrogen-bond acceptors (Lipinski definition) is 3. The Morgan fingerprint density at radius 1 is 1.04 bits per heavy atom. The molecule has 0 aliphatic carbocycles. The molecule has 0 fully saturated rings. The first-order valence-corrected chi connectivity index (χ1v) is 7.93. The molecule has 0 radical (unpaired) electrons. The van der Waals surface area contributed by atoms with Crippen LogP contribution in [0.2, 0.25) is 0 Å². The fraction of sp³-hybridized carbons (Fsp3) is 0.111. The van der Waals surface area contributed by atoms with E-state index in [0.29, 0.717) is 12.2 Å². The lowest BCUT2D eigenvalue weighted by Crippen LogP contribution is -2.23. The SMILES string of the molecule is COc1ccccc1-c1ccc(=O)n(Cc2ccccc2Br)n1. The second-order valence-corrected chi connectivity index (χ2v) is 5.86. The molecule has 3 aromatic rings. The van der Waals surface area contributed by atoms with Crippen LogP contribution in [0, 0.1) is 0 Å². The lowest BCUT2D eigenvalue weighted by molar-refractivity contribution is 0.416.